The number of carbonyl (C=O) groups excluding carboxylic acids is 1. The van der Waals surface area contributed by atoms with Gasteiger partial charge in [-0.2, -0.15) is 0 Å². The standard InChI is InChI=1S/C14H16FNO4/c1-14(2,20-3)13(19)16-10-6-4-9(11(15)8-10)5-7-12(17)18/h4-8H,1-3H3,(H,16,19)(H,17,18)/b7-5+. The normalized spacial score (nSPS) is 11.6. The predicted molar refractivity (Wildman–Crippen MR) is 72.8 cm³/mol. The minimum atomic E-state index is -1.16. The SMILES string of the molecule is COC(C)(C)C(=O)Nc1ccc(/C=C/C(=O)O)c(F)c1. The maximum Gasteiger partial charge on any atom is 0.328 e. The van der Waals surface area contributed by atoms with Gasteiger partial charge in [0, 0.05) is 24.4 Å². The van der Waals surface area contributed by atoms with Crippen molar-refractivity contribution in [3.8, 4) is 0 Å². The number of benzene rings is 1. The number of carboxylic acid groups (broad SMARTS) is 1. The van der Waals surface area contributed by atoms with Crippen molar-refractivity contribution >= 4 is 23.6 Å². The molecule has 0 aliphatic heterocycles. The van der Waals surface area contributed by atoms with Crippen LogP contribution < -0.4 is 5.32 Å². The average molecular weight is 281 g/mol. The van der Waals surface area contributed by atoms with Crippen LogP contribution in [0.5, 0.6) is 0 Å². The topological polar surface area (TPSA) is 75.6 Å². The van der Waals surface area contributed by atoms with Gasteiger partial charge in [0.1, 0.15) is 11.4 Å². The molecule has 0 fully saturated rings. The first-order chi connectivity index (χ1) is 9.26. The molecule has 5 nitrogen and oxygen atoms in total. The summed E-state index contributed by atoms with van der Waals surface area (Å²) in [6, 6.07) is 3.98. The number of nitrogens with one attached hydrogen (secondary N) is 1. The number of carboxylic acids is 1. The van der Waals surface area contributed by atoms with Gasteiger partial charge in [-0.05, 0) is 38.1 Å². The van der Waals surface area contributed by atoms with E-state index in [1.54, 1.807) is 13.8 Å². The van der Waals surface area contributed by atoms with Crippen LogP contribution in [0.2, 0.25) is 0 Å². The fraction of sp³-hybridized carbons (Fsp3) is 0.286. The fourth-order valence-electron chi connectivity index (χ4n) is 1.28. The van der Waals surface area contributed by atoms with Crippen LogP contribution in [0.4, 0.5) is 10.1 Å². The number of methoxy groups -OCH3 is 1. The highest BCUT2D eigenvalue weighted by molar-refractivity contribution is 5.96. The molecule has 0 spiro atoms. The smallest absolute Gasteiger partial charge is 0.328 e. The quantitative estimate of drug-likeness (QED) is 0.812. The van der Waals surface area contributed by atoms with Gasteiger partial charge in [-0.25, -0.2) is 9.18 Å². The molecule has 0 saturated heterocycles. The lowest BCUT2D eigenvalue weighted by Crippen LogP contribution is -2.38. The molecule has 1 aromatic carbocycles. The Balaban J connectivity index is 2.88. The number of amides is 1. The van der Waals surface area contributed by atoms with Crippen molar-refractivity contribution < 1.29 is 23.8 Å². The van der Waals surface area contributed by atoms with E-state index >= 15 is 0 Å². The summed E-state index contributed by atoms with van der Waals surface area (Å²) >= 11 is 0. The lowest BCUT2D eigenvalue weighted by atomic mass is 10.1. The summed E-state index contributed by atoms with van der Waals surface area (Å²) < 4.78 is 18.7. The number of anilines is 1. The summed E-state index contributed by atoms with van der Waals surface area (Å²) in [4.78, 5) is 22.2. The summed E-state index contributed by atoms with van der Waals surface area (Å²) in [6.07, 6.45) is 1.98. The van der Waals surface area contributed by atoms with Crippen molar-refractivity contribution in [1.82, 2.24) is 0 Å². The van der Waals surface area contributed by atoms with Gasteiger partial charge in [0.25, 0.3) is 5.91 Å². The molecular weight excluding hydrogens is 265 g/mol. The molecule has 0 bridgehead atoms. The van der Waals surface area contributed by atoms with Crippen LogP contribution in [-0.4, -0.2) is 29.7 Å². The van der Waals surface area contributed by atoms with Gasteiger partial charge >= 0.3 is 5.97 Å². The van der Waals surface area contributed by atoms with E-state index in [2.05, 4.69) is 5.32 Å². The Hall–Kier alpha value is -2.21. The molecule has 0 atom stereocenters. The van der Waals surface area contributed by atoms with Crippen molar-refractivity contribution in [3.63, 3.8) is 0 Å². The molecular formula is C14H16FNO4. The molecule has 20 heavy (non-hydrogen) atoms. The zero-order chi connectivity index (χ0) is 15.3. The van der Waals surface area contributed by atoms with E-state index < -0.39 is 23.3 Å². The second kappa shape index (κ2) is 6.29. The summed E-state index contributed by atoms with van der Waals surface area (Å²) in [5.74, 6) is -2.20. The summed E-state index contributed by atoms with van der Waals surface area (Å²) in [5.41, 5.74) is -0.639. The Morgan fingerprint density at radius 2 is 2.05 bits per heavy atom. The minimum absolute atomic E-state index is 0.122. The van der Waals surface area contributed by atoms with E-state index in [4.69, 9.17) is 9.84 Å². The van der Waals surface area contributed by atoms with Crippen LogP contribution in [0.25, 0.3) is 6.08 Å². The minimum Gasteiger partial charge on any atom is -0.478 e. The van der Waals surface area contributed by atoms with Gasteiger partial charge in [-0.15, -0.1) is 0 Å². The molecule has 1 rings (SSSR count). The van der Waals surface area contributed by atoms with Gasteiger partial charge in [-0.1, -0.05) is 0 Å². The first-order valence-electron chi connectivity index (χ1n) is 5.83. The highest BCUT2D eigenvalue weighted by atomic mass is 19.1. The Bertz CT molecular complexity index is 552. The molecule has 0 unspecified atom stereocenters. The second-order valence-corrected chi connectivity index (χ2v) is 4.58. The molecule has 0 aromatic heterocycles. The zero-order valence-electron chi connectivity index (χ0n) is 11.4. The first-order valence-corrected chi connectivity index (χ1v) is 5.83. The van der Waals surface area contributed by atoms with Gasteiger partial charge in [0.2, 0.25) is 0 Å². The fourth-order valence-corrected chi connectivity index (χ4v) is 1.28. The molecule has 0 saturated carbocycles. The van der Waals surface area contributed by atoms with Gasteiger partial charge in [0.05, 0.1) is 0 Å². The van der Waals surface area contributed by atoms with E-state index in [1.807, 2.05) is 0 Å². The van der Waals surface area contributed by atoms with Gasteiger partial charge < -0.3 is 15.2 Å². The van der Waals surface area contributed by atoms with Crippen LogP contribution in [0.15, 0.2) is 24.3 Å². The first kappa shape index (κ1) is 15.8. The van der Waals surface area contributed by atoms with Crippen LogP contribution in [0.1, 0.15) is 19.4 Å². The van der Waals surface area contributed by atoms with E-state index in [9.17, 15) is 14.0 Å². The van der Waals surface area contributed by atoms with Crippen molar-refractivity contribution in [2.75, 3.05) is 12.4 Å². The largest absolute Gasteiger partial charge is 0.478 e. The van der Waals surface area contributed by atoms with Crippen LogP contribution in [-0.2, 0) is 14.3 Å². The van der Waals surface area contributed by atoms with E-state index in [-0.39, 0.29) is 11.3 Å². The number of hydrogen-bond acceptors (Lipinski definition) is 3. The lowest BCUT2D eigenvalue weighted by molar-refractivity contribution is -0.133. The molecule has 0 heterocycles. The number of hydrogen-bond donors (Lipinski definition) is 2. The van der Waals surface area contributed by atoms with Crippen LogP contribution in [0, 0.1) is 5.82 Å². The Kier molecular flexibility index (Phi) is 4.99. The highest BCUT2D eigenvalue weighted by Crippen LogP contribution is 2.18. The van der Waals surface area contributed by atoms with Crippen molar-refractivity contribution in [2.24, 2.45) is 0 Å². The Morgan fingerprint density at radius 3 is 2.55 bits per heavy atom. The number of rotatable bonds is 5. The summed E-state index contributed by atoms with van der Waals surface area (Å²) in [7, 11) is 1.40. The monoisotopic (exact) mass is 281 g/mol. The Morgan fingerprint density at radius 1 is 1.40 bits per heavy atom. The molecule has 0 aliphatic carbocycles. The highest BCUT2D eigenvalue weighted by Gasteiger charge is 2.26. The number of aliphatic carboxylic acids is 1. The average Bonchev–Trinajstić information content (AvgIpc) is 2.37. The molecule has 2 N–H and O–H groups in total. The third-order valence-electron chi connectivity index (χ3n) is 2.72. The van der Waals surface area contributed by atoms with E-state index in [1.165, 1.54) is 19.2 Å². The van der Waals surface area contributed by atoms with Crippen LogP contribution in [0.3, 0.4) is 0 Å². The van der Waals surface area contributed by atoms with Crippen LogP contribution >= 0.6 is 0 Å². The molecule has 1 amide bonds. The lowest BCUT2D eigenvalue weighted by Gasteiger charge is -2.21. The van der Waals surface area contributed by atoms with Crippen molar-refractivity contribution in [1.29, 1.82) is 0 Å². The van der Waals surface area contributed by atoms with E-state index in [0.29, 0.717) is 0 Å². The maximum absolute atomic E-state index is 13.7. The third kappa shape index (κ3) is 4.17. The number of halogens is 1. The van der Waals surface area contributed by atoms with Crippen molar-refractivity contribution in [2.45, 2.75) is 19.4 Å². The third-order valence-corrected chi connectivity index (χ3v) is 2.72. The molecule has 0 aliphatic rings. The number of ether oxygens (including phenoxy) is 1. The second-order valence-electron chi connectivity index (χ2n) is 4.58. The molecule has 0 radical (unpaired) electrons. The Labute approximate surface area is 116 Å². The number of carbonyl (C=O) groups is 2. The van der Waals surface area contributed by atoms with Gasteiger partial charge in [-0.3, -0.25) is 4.79 Å². The molecule has 1 aromatic rings. The molecule has 108 valence electrons. The van der Waals surface area contributed by atoms with Gasteiger partial charge in [0.15, 0.2) is 0 Å². The van der Waals surface area contributed by atoms with E-state index in [0.717, 1.165) is 18.2 Å². The summed E-state index contributed by atoms with van der Waals surface area (Å²) in [6.45, 7) is 3.17. The predicted octanol–water partition coefficient (Wildman–Crippen LogP) is 2.29. The molecule has 6 heteroatoms. The van der Waals surface area contributed by atoms with Crippen molar-refractivity contribution in [3.05, 3.63) is 35.7 Å². The zero-order valence-corrected chi connectivity index (χ0v) is 11.4. The summed E-state index contributed by atoms with van der Waals surface area (Å²) in [5, 5.41) is 11.0. The maximum atomic E-state index is 13.7.